The average Bonchev–Trinajstić information content (AvgIpc) is 3.10. The van der Waals surface area contributed by atoms with Gasteiger partial charge in [-0.1, -0.05) is 38.1 Å². The topological polar surface area (TPSA) is 12.0 Å². The lowest BCUT2D eigenvalue weighted by molar-refractivity contribution is 0.332. The van der Waals surface area contributed by atoms with Crippen LogP contribution >= 0.6 is 0 Å². The summed E-state index contributed by atoms with van der Waals surface area (Å²) >= 11 is 0. The van der Waals surface area contributed by atoms with Gasteiger partial charge >= 0.3 is 0 Å². The standard InChI is InChI=1S/C19H29N/c1-3-9-20-19(18-12-16-11-17(16)13-18)10-15-7-5-14(4-2)6-8-15/h5-8,16-20H,3-4,9-13H2,1-2H3. The molecule has 2 fully saturated rings. The van der Waals surface area contributed by atoms with Gasteiger partial charge in [-0.25, -0.2) is 0 Å². The number of aryl methyl sites for hydroxylation is 1. The van der Waals surface area contributed by atoms with E-state index in [1.54, 1.807) is 0 Å². The molecule has 1 N–H and O–H groups in total. The van der Waals surface area contributed by atoms with Crippen LogP contribution in [0.25, 0.3) is 0 Å². The number of benzene rings is 1. The van der Waals surface area contributed by atoms with Gasteiger partial charge in [-0.3, -0.25) is 0 Å². The fourth-order valence-corrected chi connectivity index (χ4v) is 3.99. The van der Waals surface area contributed by atoms with E-state index in [2.05, 4.69) is 43.4 Å². The molecule has 3 atom stereocenters. The Hall–Kier alpha value is -0.820. The molecule has 2 aliphatic carbocycles. The van der Waals surface area contributed by atoms with Crippen molar-refractivity contribution in [2.75, 3.05) is 6.54 Å². The molecular weight excluding hydrogens is 242 g/mol. The van der Waals surface area contributed by atoms with Gasteiger partial charge in [-0.05, 0) is 74.0 Å². The van der Waals surface area contributed by atoms with Crippen molar-refractivity contribution in [1.29, 1.82) is 0 Å². The number of hydrogen-bond acceptors (Lipinski definition) is 1. The maximum Gasteiger partial charge on any atom is 0.0136 e. The van der Waals surface area contributed by atoms with Crippen molar-refractivity contribution in [2.45, 2.75) is 58.4 Å². The zero-order valence-corrected chi connectivity index (χ0v) is 13.1. The van der Waals surface area contributed by atoms with Gasteiger partial charge in [0.05, 0.1) is 0 Å². The second-order valence-electron chi connectivity index (χ2n) is 6.92. The Morgan fingerprint density at radius 1 is 1.00 bits per heavy atom. The highest BCUT2D eigenvalue weighted by Crippen LogP contribution is 2.55. The van der Waals surface area contributed by atoms with Crippen LogP contribution in [0.4, 0.5) is 0 Å². The van der Waals surface area contributed by atoms with E-state index in [0.29, 0.717) is 6.04 Å². The third-order valence-corrected chi connectivity index (χ3v) is 5.39. The van der Waals surface area contributed by atoms with Gasteiger partial charge in [0.15, 0.2) is 0 Å². The maximum atomic E-state index is 3.83. The molecule has 0 radical (unpaired) electrons. The van der Waals surface area contributed by atoms with E-state index in [9.17, 15) is 0 Å². The summed E-state index contributed by atoms with van der Waals surface area (Å²) in [6.07, 6.45) is 8.10. The van der Waals surface area contributed by atoms with E-state index >= 15 is 0 Å². The van der Waals surface area contributed by atoms with Crippen LogP contribution in [0.2, 0.25) is 0 Å². The van der Waals surface area contributed by atoms with Crippen LogP contribution in [0.3, 0.4) is 0 Å². The molecule has 3 rings (SSSR count). The highest BCUT2D eigenvalue weighted by Gasteiger charge is 2.47. The average molecular weight is 271 g/mol. The summed E-state index contributed by atoms with van der Waals surface area (Å²) in [6, 6.07) is 10.00. The summed E-state index contributed by atoms with van der Waals surface area (Å²) in [7, 11) is 0. The van der Waals surface area contributed by atoms with Gasteiger partial charge in [0.25, 0.3) is 0 Å². The Kier molecular flexibility index (Phi) is 4.45. The van der Waals surface area contributed by atoms with Crippen molar-refractivity contribution >= 4 is 0 Å². The zero-order valence-electron chi connectivity index (χ0n) is 13.1. The molecule has 110 valence electrons. The second kappa shape index (κ2) is 6.30. The third-order valence-electron chi connectivity index (χ3n) is 5.39. The highest BCUT2D eigenvalue weighted by atomic mass is 14.9. The van der Waals surface area contributed by atoms with E-state index in [1.165, 1.54) is 49.8 Å². The van der Waals surface area contributed by atoms with Crippen LogP contribution in [0.5, 0.6) is 0 Å². The number of nitrogens with one attached hydrogen (secondary N) is 1. The first-order chi connectivity index (χ1) is 9.80. The maximum absolute atomic E-state index is 3.83. The summed E-state index contributed by atoms with van der Waals surface area (Å²) in [5, 5.41) is 3.83. The second-order valence-corrected chi connectivity index (χ2v) is 6.92. The monoisotopic (exact) mass is 271 g/mol. The van der Waals surface area contributed by atoms with Crippen molar-refractivity contribution < 1.29 is 0 Å². The lowest BCUT2D eigenvalue weighted by atomic mass is 9.89. The van der Waals surface area contributed by atoms with Crippen LogP contribution < -0.4 is 5.32 Å². The Morgan fingerprint density at radius 3 is 2.25 bits per heavy atom. The predicted octanol–water partition coefficient (Wildman–Crippen LogP) is 4.21. The van der Waals surface area contributed by atoms with Gasteiger partial charge in [0.1, 0.15) is 0 Å². The lowest BCUT2D eigenvalue weighted by Crippen LogP contribution is -2.38. The summed E-state index contributed by atoms with van der Waals surface area (Å²) in [6.45, 7) is 5.67. The third kappa shape index (κ3) is 3.25. The molecule has 3 unspecified atom stereocenters. The smallest absolute Gasteiger partial charge is 0.0136 e. The molecule has 1 nitrogen and oxygen atoms in total. The van der Waals surface area contributed by atoms with E-state index in [4.69, 9.17) is 0 Å². The molecule has 0 amide bonds. The molecule has 1 aromatic carbocycles. The van der Waals surface area contributed by atoms with Crippen LogP contribution in [0.1, 0.15) is 50.7 Å². The molecule has 0 bridgehead atoms. The largest absolute Gasteiger partial charge is 0.313 e. The van der Waals surface area contributed by atoms with Crippen molar-refractivity contribution in [3.63, 3.8) is 0 Å². The van der Waals surface area contributed by atoms with Gasteiger partial charge in [0.2, 0.25) is 0 Å². The SMILES string of the molecule is CCCNC(Cc1ccc(CC)cc1)C1CC2CC2C1. The summed E-state index contributed by atoms with van der Waals surface area (Å²) < 4.78 is 0. The molecule has 20 heavy (non-hydrogen) atoms. The van der Waals surface area contributed by atoms with Crippen LogP contribution in [-0.2, 0) is 12.8 Å². The molecule has 2 aliphatic rings. The number of fused-ring (bicyclic) bond motifs is 1. The van der Waals surface area contributed by atoms with Gasteiger partial charge in [-0.2, -0.15) is 0 Å². The highest BCUT2D eigenvalue weighted by molar-refractivity contribution is 5.23. The minimum Gasteiger partial charge on any atom is -0.313 e. The van der Waals surface area contributed by atoms with E-state index in [1.807, 2.05) is 0 Å². The van der Waals surface area contributed by atoms with Crippen LogP contribution in [-0.4, -0.2) is 12.6 Å². The van der Waals surface area contributed by atoms with Crippen molar-refractivity contribution in [1.82, 2.24) is 5.32 Å². The van der Waals surface area contributed by atoms with E-state index in [0.717, 1.165) is 24.2 Å². The molecule has 1 aromatic rings. The Morgan fingerprint density at radius 2 is 1.65 bits per heavy atom. The van der Waals surface area contributed by atoms with Gasteiger partial charge < -0.3 is 5.32 Å². The number of hydrogen-bond donors (Lipinski definition) is 1. The van der Waals surface area contributed by atoms with Gasteiger partial charge in [-0.15, -0.1) is 0 Å². The Bertz CT molecular complexity index is 412. The van der Waals surface area contributed by atoms with Crippen molar-refractivity contribution in [2.24, 2.45) is 17.8 Å². The normalized spacial score (nSPS) is 29.2. The summed E-state index contributed by atoms with van der Waals surface area (Å²) in [4.78, 5) is 0. The first-order valence-corrected chi connectivity index (χ1v) is 8.61. The lowest BCUT2D eigenvalue weighted by Gasteiger charge is -2.26. The molecule has 0 saturated heterocycles. The molecule has 2 saturated carbocycles. The number of rotatable bonds is 7. The fourth-order valence-electron chi connectivity index (χ4n) is 3.99. The molecule has 1 heteroatoms. The summed E-state index contributed by atoms with van der Waals surface area (Å²) in [5.41, 5.74) is 2.96. The molecule has 0 aliphatic heterocycles. The summed E-state index contributed by atoms with van der Waals surface area (Å²) in [5.74, 6) is 3.11. The Labute approximate surface area is 124 Å². The molecular formula is C19H29N. The predicted molar refractivity (Wildman–Crippen MR) is 85.9 cm³/mol. The van der Waals surface area contributed by atoms with Crippen molar-refractivity contribution in [3.05, 3.63) is 35.4 Å². The minimum atomic E-state index is 0.704. The minimum absolute atomic E-state index is 0.704. The first-order valence-electron chi connectivity index (χ1n) is 8.61. The van der Waals surface area contributed by atoms with Crippen LogP contribution in [0.15, 0.2) is 24.3 Å². The molecule has 0 heterocycles. The Balaban J connectivity index is 1.61. The van der Waals surface area contributed by atoms with Crippen molar-refractivity contribution in [3.8, 4) is 0 Å². The quantitative estimate of drug-likeness (QED) is 0.783. The van der Waals surface area contributed by atoms with E-state index in [-0.39, 0.29) is 0 Å². The van der Waals surface area contributed by atoms with E-state index < -0.39 is 0 Å². The van der Waals surface area contributed by atoms with Gasteiger partial charge in [0, 0.05) is 6.04 Å². The molecule has 0 aromatic heterocycles. The fraction of sp³-hybridized carbons (Fsp3) is 0.684. The first kappa shape index (κ1) is 14.1. The zero-order chi connectivity index (χ0) is 13.9. The van der Waals surface area contributed by atoms with Crippen LogP contribution in [0, 0.1) is 17.8 Å². The molecule has 0 spiro atoms.